The number of carbonyl (C=O) groups excluding carboxylic acids is 2. The summed E-state index contributed by atoms with van der Waals surface area (Å²) in [7, 11) is 2.93. The summed E-state index contributed by atoms with van der Waals surface area (Å²) in [6, 6.07) is 10.4. The van der Waals surface area contributed by atoms with Gasteiger partial charge in [0.15, 0.2) is 0 Å². The largest absolute Gasteiger partial charge is 0.492 e. The summed E-state index contributed by atoms with van der Waals surface area (Å²) < 4.78 is 29.2. The average Bonchev–Trinajstić information content (AvgIpc) is 3.68. The number of carbonyl (C=O) groups is 2. The normalized spacial score (nSPS) is 24.8. The van der Waals surface area contributed by atoms with E-state index >= 15 is 0 Å². The standard InChI is InChI=1S/C35H43NO7S/c1-20-15-21(2)26-17-30(43-29(26)16-20)33-36-31-27(41-18-22-5-9-24(10-6-22)34(37)39-3)13-14-28(32(31)44-33)42-19-23-7-11-25(12-8-23)35(38)40-4/h13-17,22-25,33,36H,5-12,18-19H2,1-4H3. The van der Waals surface area contributed by atoms with Gasteiger partial charge in [-0.15, -0.1) is 0 Å². The van der Waals surface area contributed by atoms with Gasteiger partial charge in [0, 0.05) is 5.39 Å². The molecule has 0 bridgehead atoms. The molecular formula is C35H43NO7S. The Morgan fingerprint density at radius 2 is 1.39 bits per heavy atom. The van der Waals surface area contributed by atoms with Gasteiger partial charge in [-0.05, 0) is 112 Å². The molecule has 0 amide bonds. The van der Waals surface area contributed by atoms with Crippen LogP contribution in [0.15, 0.2) is 39.6 Å². The summed E-state index contributed by atoms with van der Waals surface area (Å²) in [4.78, 5) is 24.9. The van der Waals surface area contributed by atoms with E-state index in [4.69, 9.17) is 23.4 Å². The summed E-state index contributed by atoms with van der Waals surface area (Å²) in [5.41, 5.74) is 4.21. The quantitative estimate of drug-likeness (QED) is 0.239. The highest BCUT2D eigenvalue weighted by molar-refractivity contribution is 8.00. The minimum absolute atomic E-state index is 0.00232. The molecule has 1 unspecified atom stereocenters. The zero-order chi connectivity index (χ0) is 30.8. The summed E-state index contributed by atoms with van der Waals surface area (Å²) >= 11 is 1.69. The van der Waals surface area contributed by atoms with E-state index < -0.39 is 0 Å². The van der Waals surface area contributed by atoms with E-state index in [0.717, 1.165) is 90.2 Å². The van der Waals surface area contributed by atoms with Crippen molar-refractivity contribution >= 4 is 40.4 Å². The number of furan rings is 1. The molecule has 0 spiro atoms. The lowest BCUT2D eigenvalue weighted by Gasteiger charge is -2.27. The van der Waals surface area contributed by atoms with E-state index in [1.54, 1.807) is 11.8 Å². The smallest absolute Gasteiger partial charge is 0.308 e. The zero-order valence-corrected chi connectivity index (χ0v) is 26.9. The van der Waals surface area contributed by atoms with E-state index in [0.29, 0.717) is 25.0 Å². The number of ether oxygens (including phenoxy) is 4. The predicted molar refractivity (Wildman–Crippen MR) is 170 cm³/mol. The monoisotopic (exact) mass is 621 g/mol. The van der Waals surface area contributed by atoms with E-state index in [2.05, 4.69) is 37.4 Å². The SMILES string of the molecule is COC(=O)C1CCC(COc2ccc(OCC3CCC(C(=O)OC)CC3)c3c2NC(c2cc4c(C)cc(C)cc4o2)S3)CC1. The Bertz CT molecular complexity index is 1430. The molecule has 6 rings (SSSR count). The van der Waals surface area contributed by atoms with Crippen LogP contribution in [0.2, 0.25) is 0 Å². The number of fused-ring (bicyclic) bond motifs is 2. The number of benzene rings is 2. The van der Waals surface area contributed by atoms with Gasteiger partial charge >= 0.3 is 11.9 Å². The van der Waals surface area contributed by atoms with Crippen molar-refractivity contribution in [1.29, 1.82) is 0 Å². The first kappa shape index (κ1) is 30.7. The fraction of sp³-hybridized carbons (Fsp3) is 0.543. The second-order valence-electron chi connectivity index (χ2n) is 12.7. The zero-order valence-electron chi connectivity index (χ0n) is 26.1. The van der Waals surface area contributed by atoms with Crippen molar-refractivity contribution < 1.29 is 33.0 Å². The first-order valence-corrected chi connectivity index (χ1v) is 16.7. The summed E-state index contributed by atoms with van der Waals surface area (Å²) in [5.74, 6) is 3.12. The molecule has 2 heterocycles. The van der Waals surface area contributed by atoms with Crippen molar-refractivity contribution in [2.45, 2.75) is 75.5 Å². The highest BCUT2D eigenvalue weighted by Crippen LogP contribution is 2.55. The minimum Gasteiger partial charge on any atom is -0.492 e. The van der Waals surface area contributed by atoms with Crippen LogP contribution in [0.4, 0.5) is 5.69 Å². The van der Waals surface area contributed by atoms with Gasteiger partial charge in [-0.1, -0.05) is 17.8 Å². The highest BCUT2D eigenvalue weighted by atomic mass is 32.2. The molecule has 2 aliphatic carbocycles. The number of methoxy groups -OCH3 is 2. The van der Waals surface area contributed by atoms with Crippen LogP contribution in [0.5, 0.6) is 11.5 Å². The molecule has 0 radical (unpaired) electrons. The molecule has 2 aromatic carbocycles. The molecule has 3 aliphatic rings. The van der Waals surface area contributed by atoms with Crippen LogP contribution in [0.1, 0.15) is 73.6 Å². The Balaban J connectivity index is 1.17. The number of esters is 2. The molecule has 1 atom stereocenters. The molecule has 1 aromatic heterocycles. The topological polar surface area (TPSA) is 96.2 Å². The van der Waals surface area contributed by atoms with Crippen LogP contribution in [0, 0.1) is 37.5 Å². The predicted octanol–water partition coefficient (Wildman–Crippen LogP) is 7.98. The third-order valence-corrected chi connectivity index (χ3v) is 10.8. The van der Waals surface area contributed by atoms with E-state index in [1.165, 1.54) is 25.3 Å². The molecule has 44 heavy (non-hydrogen) atoms. The molecule has 9 heteroatoms. The maximum atomic E-state index is 12.0. The lowest BCUT2D eigenvalue weighted by atomic mass is 9.82. The lowest BCUT2D eigenvalue weighted by molar-refractivity contribution is -0.147. The van der Waals surface area contributed by atoms with Gasteiger partial charge in [0.25, 0.3) is 0 Å². The number of anilines is 1. The van der Waals surface area contributed by atoms with Gasteiger partial charge < -0.3 is 28.7 Å². The van der Waals surface area contributed by atoms with Crippen molar-refractivity contribution in [3.8, 4) is 11.5 Å². The molecule has 1 N–H and O–H groups in total. The number of thioether (sulfide) groups is 1. The lowest BCUT2D eigenvalue weighted by Crippen LogP contribution is -2.25. The number of hydrogen-bond donors (Lipinski definition) is 1. The molecule has 2 fully saturated rings. The first-order chi connectivity index (χ1) is 21.3. The van der Waals surface area contributed by atoms with Gasteiger partial charge in [0.2, 0.25) is 0 Å². The average molecular weight is 622 g/mol. The van der Waals surface area contributed by atoms with E-state index in [1.807, 2.05) is 12.1 Å². The number of hydrogen-bond acceptors (Lipinski definition) is 9. The van der Waals surface area contributed by atoms with Crippen LogP contribution >= 0.6 is 11.8 Å². The maximum absolute atomic E-state index is 12.0. The van der Waals surface area contributed by atoms with Crippen LogP contribution < -0.4 is 14.8 Å². The van der Waals surface area contributed by atoms with Gasteiger partial charge in [-0.2, -0.15) is 0 Å². The molecule has 1 aliphatic heterocycles. The van der Waals surface area contributed by atoms with Crippen molar-refractivity contribution in [3.63, 3.8) is 0 Å². The number of nitrogens with one attached hydrogen (secondary N) is 1. The van der Waals surface area contributed by atoms with Gasteiger partial charge in [0.1, 0.15) is 28.2 Å². The Hall–Kier alpha value is -3.33. The Labute approximate surface area is 263 Å². The highest BCUT2D eigenvalue weighted by Gasteiger charge is 2.34. The van der Waals surface area contributed by atoms with E-state index in [9.17, 15) is 9.59 Å². The number of rotatable bonds is 9. The molecule has 8 nitrogen and oxygen atoms in total. The van der Waals surface area contributed by atoms with Crippen molar-refractivity contribution in [3.05, 3.63) is 47.2 Å². The van der Waals surface area contributed by atoms with Crippen molar-refractivity contribution in [2.24, 2.45) is 23.7 Å². The van der Waals surface area contributed by atoms with Crippen molar-refractivity contribution in [1.82, 2.24) is 0 Å². The summed E-state index contributed by atoms with van der Waals surface area (Å²) in [5, 5.41) is 4.70. The molecule has 236 valence electrons. The second-order valence-corrected chi connectivity index (χ2v) is 13.8. The molecule has 0 saturated heterocycles. The van der Waals surface area contributed by atoms with Crippen LogP contribution in [-0.2, 0) is 19.1 Å². The van der Waals surface area contributed by atoms with Crippen LogP contribution in [0.25, 0.3) is 11.0 Å². The third-order valence-electron chi connectivity index (χ3n) is 9.57. The minimum atomic E-state index is -0.116. The fourth-order valence-electron chi connectivity index (χ4n) is 6.96. The Kier molecular flexibility index (Phi) is 9.31. The molecule has 2 saturated carbocycles. The fourth-order valence-corrected chi connectivity index (χ4v) is 8.12. The molecule has 3 aromatic rings. The third kappa shape index (κ3) is 6.53. The second kappa shape index (κ2) is 13.3. The van der Waals surface area contributed by atoms with Crippen LogP contribution in [0.3, 0.4) is 0 Å². The summed E-state index contributed by atoms with van der Waals surface area (Å²) in [6.45, 7) is 5.42. The first-order valence-electron chi connectivity index (χ1n) is 15.8. The summed E-state index contributed by atoms with van der Waals surface area (Å²) in [6.07, 6.45) is 7.17. The van der Waals surface area contributed by atoms with Gasteiger partial charge in [-0.25, -0.2) is 0 Å². The Morgan fingerprint density at radius 3 is 1.98 bits per heavy atom. The molecular weight excluding hydrogens is 578 g/mol. The number of aryl methyl sites for hydroxylation is 2. The van der Waals surface area contributed by atoms with Gasteiger partial charge in [0.05, 0.1) is 49.9 Å². The van der Waals surface area contributed by atoms with Crippen molar-refractivity contribution in [2.75, 3.05) is 32.8 Å². The van der Waals surface area contributed by atoms with Gasteiger partial charge in [-0.3, -0.25) is 9.59 Å². The maximum Gasteiger partial charge on any atom is 0.308 e. The Morgan fingerprint density at radius 1 is 0.818 bits per heavy atom. The van der Waals surface area contributed by atoms with E-state index in [-0.39, 0.29) is 29.1 Å². The van der Waals surface area contributed by atoms with Crippen LogP contribution in [-0.4, -0.2) is 39.4 Å².